The van der Waals surface area contributed by atoms with Gasteiger partial charge in [0.25, 0.3) is 0 Å². The fourth-order valence-electron chi connectivity index (χ4n) is 1.74. The predicted octanol–water partition coefficient (Wildman–Crippen LogP) is -1.03. The summed E-state index contributed by atoms with van der Waals surface area (Å²) in [6, 6.07) is 14.7. The molecule has 0 aromatic heterocycles. The van der Waals surface area contributed by atoms with E-state index in [4.69, 9.17) is 0 Å². The van der Waals surface area contributed by atoms with Gasteiger partial charge in [0.2, 0.25) is 0 Å². The van der Waals surface area contributed by atoms with Gasteiger partial charge in [0.1, 0.15) is 0 Å². The van der Waals surface area contributed by atoms with Gasteiger partial charge in [0.05, 0.1) is 0 Å². The van der Waals surface area contributed by atoms with E-state index in [0.717, 1.165) is 0 Å². The van der Waals surface area contributed by atoms with E-state index in [9.17, 15) is 0 Å². The van der Waals surface area contributed by atoms with Crippen molar-refractivity contribution in [3.8, 4) is 0 Å². The van der Waals surface area contributed by atoms with Crippen molar-refractivity contribution in [2.75, 3.05) is 0 Å². The van der Waals surface area contributed by atoms with Crippen molar-refractivity contribution in [2.24, 2.45) is 0 Å². The molecule has 5 heteroatoms. The summed E-state index contributed by atoms with van der Waals surface area (Å²) in [6.45, 7) is 10.8. The van der Waals surface area contributed by atoms with Crippen LogP contribution >= 0.6 is 0 Å². The molecule has 20 heavy (non-hydrogen) atoms. The number of hydrogen-bond donors (Lipinski definition) is 0. The van der Waals surface area contributed by atoms with Crippen molar-refractivity contribution < 1.29 is 46.5 Å². The van der Waals surface area contributed by atoms with E-state index in [2.05, 4.69) is 81.3 Å². The molecule has 0 spiro atoms. The molecule has 0 aliphatic rings. The molecule has 0 fully saturated rings. The molecule has 0 saturated carbocycles. The predicted molar refractivity (Wildman–Crippen MR) is 80.1 cm³/mol. The van der Waals surface area contributed by atoms with Crippen LogP contribution in [0.4, 0.5) is 0 Å². The van der Waals surface area contributed by atoms with E-state index in [-0.39, 0.29) is 61.0 Å². The average molecular weight is 363 g/mol. The van der Waals surface area contributed by atoms with Crippen molar-refractivity contribution >= 4 is 19.7 Å². The summed E-state index contributed by atoms with van der Waals surface area (Å²) in [5.41, 5.74) is 0.192. The smallest absolute Gasteiger partial charge is 1.00 e. The molecule has 0 N–H and O–H groups in total. The zero-order valence-electron chi connectivity index (χ0n) is 12.7. The first-order valence-electron chi connectivity index (χ1n) is 6.02. The van der Waals surface area contributed by atoms with Gasteiger partial charge >= 0.3 is 21.7 Å². The molecule has 1 radical (unpaired) electrons. The van der Waals surface area contributed by atoms with Crippen LogP contribution in [-0.2, 0) is 21.7 Å². The minimum Gasteiger partial charge on any atom is -1.00 e. The molecular formula is C15H22Cl2NSiTi. The third-order valence-electron chi connectivity index (χ3n) is 2.11. The van der Waals surface area contributed by atoms with E-state index in [1.165, 1.54) is 10.8 Å². The van der Waals surface area contributed by atoms with Gasteiger partial charge in [-0.3, -0.25) is 0 Å². The van der Waals surface area contributed by atoms with Gasteiger partial charge in [-0.1, -0.05) is 48.9 Å². The van der Waals surface area contributed by atoms with Crippen molar-refractivity contribution in [3.05, 3.63) is 47.4 Å². The van der Waals surface area contributed by atoms with E-state index in [1.54, 1.807) is 0 Å². The summed E-state index contributed by atoms with van der Waals surface area (Å²) in [5, 5.41) is 2.66. The summed E-state index contributed by atoms with van der Waals surface area (Å²) in [4.78, 5) is 4.51. The monoisotopic (exact) mass is 362 g/mol. The minimum atomic E-state index is -0.367. The second kappa shape index (κ2) is 11.9. The molecule has 0 bridgehead atoms. The summed E-state index contributed by atoms with van der Waals surface area (Å²) in [5.74, 6) is 0. The normalized spacial score (nSPS) is 9.70. The zero-order chi connectivity index (χ0) is 12.9. The second-order valence-corrected chi connectivity index (χ2v) is 7.50. The number of rotatable bonds is 1. The molecule has 109 valence electrons. The molecule has 0 aliphatic carbocycles. The number of hydrogen-bond acceptors (Lipinski definition) is 0. The first-order chi connectivity index (χ1) is 7.88. The molecule has 2 aromatic carbocycles. The molecule has 0 heterocycles. The van der Waals surface area contributed by atoms with Crippen LogP contribution in [-0.4, -0.2) is 14.5 Å². The quantitative estimate of drug-likeness (QED) is 0.455. The largest absolute Gasteiger partial charge is 4.00 e. The Balaban J connectivity index is -0.000000254. The van der Waals surface area contributed by atoms with Gasteiger partial charge in [-0.25, -0.2) is 0 Å². The van der Waals surface area contributed by atoms with Gasteiger partial charge in [-0.05, 0) is 0 Å². The van der Waals surface area contributed by atoms with Crippen LogP contribution in [0, 0.1) is 0 Å². The van der Waals surface area contributed by atoms with E-state index < -0.39 is 0 Å². The van der Waals surface area contributed by atoms with Crippen molar-refractivity contribution in [1.82, 2.24) is 0 Å². The fraction of sp³-hybridized carbons (Fsp3) is 0.400. The first kappa shape index (κ1) is 25.3. The maximum atomic E-state index is 4.51. The van der Waals surface area contributed by atoms with E-state index in [1.807, 2.05) is 0 Å². The zero-order valence-corrected chi connectivity index (χ0v) is 16.8. The average Bonchev–Trinajstić information content (AvgIpc) is 2.61. The third kappa shape index (κ3) is 11.0. The SMILES string of the molecule is C[Si](C)[N-]C(C)(C)C.[Cl-].[Cl-].[Ti+4].c1ccc2[cH-]ccc2c1. The molecule has 0 atom stereocenters. The maximum Gasteiger partial charge on any atom is 4.00 e. The van der Waals surface area contributed by atoms with Crippen molar-refractivity contribution in [2.45, 2.75) is 39.4 Å². The Labute approximate surface area is 152 Å². The molecular weight excluding hydrogens is 341 g/mol. The molecule has 0 unspecified atom stereocenters. The Hall–Kier alpha value is 0.301. The van der Waals surface area contributed by atoms with Crippen LogP contribution in [0.25, 0.3) is 15.8 Å². The van der Waals surface area contributed by atoms with Crippen LogP contribution < -0.4 is 24.8 Å². The van der Waals surface area contributed by atoms with Crippen molar-refractivity contribution in [1.29, 1.82) is 0 Å². The van der Waals surface area contributed by atoms with Crippen molar-refractivity contribution in [3.63, 3.8) is 0 Å². The molecule has 0 aliphatic heterocycles. The van der Waals surface area contributed by atoms with Crippen LogP contribution in [0.15, 0.2) is 42.5 Å². The molecule has 1 nitrogen and oxygen atoms in total. The standard InChI is InChI=1S/C9H7.C6H15NSi.2ClH.Ti/c1-2-5-9-7-3-6-8(9)4-1;1-6(2,3)7-8(4)5;;;/h1-7H;1-5H3;2*1H;/q2*-1;;;+4/p-2. The minimum absolute atomic E-state index is 0. The Morgan fingerprint density at radius 3 is 1.95 bits per heavy atom. The fourth-order valence-corrected chi connectivity index (χ4v) is 3.08. The van der Waals surface area contributed by atoms with E-state index in [0.29, 0.717) is 0 Å². The number of fused-ring (bicyclic) bond motifs is 1. The topological polar surface area (TPSA) is 14.1 Å². The Bertz CT molecular complexity index is 422. The van der Waals surface area contributed by atoms with Crippen LogP contribution in [0.1, 0.15) is 20.8 Å². The number of benzene rings is 1. The van der Waals surface area contributed by atoms with Crippen LogP contribution in [0.3, 0.4) is 0 Å². The summed E-state index contributed by atoms with van der Waals surface area (Å²) < 4.78 is 0. The Morgan fingerprint density at radius 2 is 1.55 bits per heavy atom. The summed E-state index contributed by atoms with van der Waals surface area (Å²) in [6.07, 6.45) is 0. The molecule has 2 rings (SSSR count). The number of halogens is 2. The van der Waals surface area contributed by atoms with Gasteiger partial charge in [0, 0.05) is 0 Å². The first-order valence-corrected chi connectivity index (χ1v) is 8.47. The number of nitrogens with zero attached hydrogens (tertiary/aromatic N) is 1. The van der Waals surface area contributed by atoms with Gasteiger partial charge < -0.3 is 29.8 Å². The molecule has 2 aromatic rings. The second-order valence-electron chi connectivity index (χ2n) is 5.38. The Kier molecular flexibility index (Phi) is 15.0. The third-order valence-corrected chi connectivity index (χ3v) is 3.22. The summed E-state index contributed by atoms with van der Waals surface area (Å²) in [7, 11) is -0.367. The van der Waals surface area contributed by atoms with Gasteiger partial charge in [0.15, 0.2) is 0 Å². The maximum absolute atomic E-state index is 4.51. The Morgan fingerprint density at radius 1 is 1.00 bits per heavy atom. The van der Waals surface area contributed by atoms with Crippen LogP contribution in [0.5, 0.6) is 0 Å². The van der Waals surface area contributed by atoms with Crippen LogP contribution in [0.2, 0.25) is 13.1 Å². The van der Waals surface area contributed by atoms with E-state index >= 15 is 0 Å². The molecule has 0 saturated heterocycles. The summed E-state index contributed by atoms with van der Waals surface area (Å²) >= 11 is 0. The molecule has 0 amide bonds. The van der Waals surface area contributed by atoms with Gasteiger partial charge in [-0.15, -0.1) is 35.2 Å². The van der Waals surface area contributed by atoms with Gasteiger partial charge in [-0.2, -0.15) is 17.5 Å².